The predicted molar refractivity (Wildman–Crippen MR) is 54.1 cm³/mol. The smallest absolute Gasteiger partial charge is 0.408 e. The van der Waals surface area contributed by atoms with E-state index in [1.165, 1.54) is 0 Å². The molecule has 0 radical (unpaired) electrons. The van der Waals surface area contributed by atoms with Crippen LogP contribution in [0.15, 0.2) is 34.7 Å². The zero-order valence-electron chi connectivity index (χ0n) is 7.56. The van der Waals surface area contributed by atoms with Gasteiger partial charge in [0.1, 0.15) is 5.75 Å². The van der Waals surface area contributed by atoms with Gasteiger partial charge < -0.3 is 4.74 Å². The standard InChI is InChI=1S/C9H11NO2S/c1-13(2)10-9(11)12-8-6-4-3-5-7-8/h3-7H,1-2H3. The van der Waals surface area contributed by atoms with Gasteiger partial charge in [-0.3, -0.25) is 0 Å². The summed E-state index contributed by atoms with van der Waals surface area (Å²) in [4.78, 5) is 11.0. The number of hydrogen-bond acceptors (Lipinski definition) is 2. The summed E-state index contributed by atoms with van der Waals surface area (Å²) in [6, 6.07) is 8.91. The van der Waals surface area contributed by atoms with E-state index in [0.717, 1.165) is 0 Å². The maximum Gasteiger partial charge on any atom is 0.445 e. The summed E-state index contributed by atoms with van der Waals surface area (Å²) >= 11 is 0. The van der Waals surface area contributed by atoms with Gasteiger partial charge in [-0.15, -0.1) is 0 Å². The molecule has 0 heterocycles. The van der Waals surface area contributed by atoms with Gasteiger partial charge in [0.25, 0.3) is 0 Å². The first-order valence-electron chi connectivity index (χ1n) is 3.75. The molecule has 0 aliphatic rings. The molecule has 1 aromatic rings. The van der Waals surface area contributed by atoms with E-state index in [9.17, 15) is 4.79 Å². The third kappa shape index (κ3) is 3.85. The lowest BCUT2D eigenvalue weighted by Crippen LogP contribution is -2.02. The Kier molecular flexibility index (Phi) is 3.64. The molecule has 1 aromatic carbocycles. The average molecular weight is 197 g/mol. The predicted octanol–water partition coefficient (Wildman–Crippen LogP) is 2.25. The summed E-state index contributed by atoms with van der Waals surface area (Å²) in [6.45, 7) is 0. The summed E-state index contributed by atoms with van der Waals surface area (Å²) in [5.74, 6) is 0.529. The summed E-state index contributed by atoms with van der Waals surface area (Å²) in [5.41, 5.74) is 0. The largest absolute Gasteiger partial charge is 0.445 e. The van der Waals surface area contributed by atoms with E-state index >= 15 is 0 Å². The Labute approximate surface area is 79.8 Å². The van der Waals surface area contributed by atoms with Crippen LogP contribution in [0, 0.1) is 0 Å². The molecule has 0 bridgehead atoms. The van der Waals surface area contributed by atoms with Crippen molar-refractivity contribution in [1.29, 1.82) is 0 Å². The van der Waals surface area contributed by atoms with Crippen LogP contribution in [0.2, 0.25) is 0 Å². The molecule has 0 saturated heterocycles. The molecular formula is C9H11NO2S. The molecule has 0 atom stereocenters. The minimum Gasteiger partial charge on any atom is -0.408 e. The van der Waals surface area contributed by atoms with Gasteiger partial charge in [0.15, 0.2) is 0 Å². The molecule has 0 unspecified atom stereocenters. The fraction of sp³-hybridized carbons (Fsp3) is 0.222. The van der Waals surface area contributed by atoms with Gasteiger partial charge in [0, 0.05) is 0 Å². The Morgan fingerprint density at radius 2 is 1.92 bits per heavy atom. The molecule has 0 aliphatic heterocycles. The molecule has 0 spiro atoms. The number of rotatable bonds is 1. The van der Waals surface area contributed by atoms with Crippen molar-refractivity contribution in [3.05, 3.63) is 30.3 Å². The Morgan fingerprint density at radius 3 is 2.46 bits per heavy atom. The topological polar surface area (TPSA) is 38.7 Å². The van der Waals surface area contributed by atoms with E-state index in [1.807, 2.05) is 18.6 Å². The van der Waals surface area contributed by atoms with Crippen LogP contribution in [0.4, 0.5) is 4.79 Å². The van der Waals surface area contributed by atoms with Crippen LogP contribution >= 0.6 is 0 Å². The number of carbonyl (C=O) groups is 1. The highest BCUT2D eigenvalue weighted by atomic mass is 32.2. The zero-order chi connectivity index (χ0) is 9.68. The van der Waals surface area contributed by atoms with Crippen LogP contribution in [0.5, 0.6) is 5.75 Å². The number of amides is 1. The molecule has 3 nitrogen and oxygen atoms in total. The van der Waals surface area contributed by atoms with E-state index in [1.54, 1.807) is 24.3 Å². The molecule has 1 rings (SSSR count). The van der Waals surface area contributed by atoms with Crippen molar-refractivity contribution in [2.45, 2.75) is 0 Å². The van der Waals surface area contributed by atoms with Crippen LogP contribution in [0.1, 0.15) is 0 Å². The van der Waals surface area contributed by atoms with Gasteiger partial charge in [-0.05, 0) is 24.6 Å². The van der Waals surface area contributed by atoms with E-state index in [0.29, 0.717) is 5.75 Å². The maximum atomic E-state index is 11.0. The van der Waals surface area contributed by atoms with E-state index in [2.05, 4.69) is 4.36 Å². The second kappa shape index (κ2) is 4.77. The SMILES string of the molecule is CS(C)=NC(=O)Oc1ccccc1. The summed E-state index contributed by atoms with van der Waals surface area (Å²) in [6.07, 6.45) is 3.18. The van der Waals surface area contributed by atoms with Crippen molar-refractivity contribution in [2.75, 3.05) is 12.5 Å². The van der Waals surface area contributed by atoms with E-state index in [-0.39, 0.29) is 10.7 Å². The normalized spacial score (nSPS) is 9.77. The van der Waals surface area contributed by atoms with Crippen LogP contribution in [-0.2, 0) is 10.7 Å². The minimum absolute atomic E-state index is 0.269. The van der Waals surface area contributed by atoms with Crippen molar-refractivity contribution in [3.8, 4) is 5.75 Å². The van der Waals surface area contributed by atoms with Crippen LogP contribution in [0.3, 0.4) is 0 Å². The number of carbonyl (C=O) groups excluding carboxylic acids is 1. The highest BCUT2D eigenvalue weighted by Gasteiger charge is 2.00. The molecule has 0 N–H and O–H groups in total. The van der Waals surface area contributed by atoms with Crippen molar-refractivity contribution >= 4 is 16.8 Å². The maximum absolute atomic E-state index is 11.0. The Morgan fingerprint density at radius 1 is 1.31 bits per heavy atom. The van der Waals surface area contributed by atoms with Crippen molar-refractivity contribution in [3.63, 3.8) is 0 Å². The van der Waals surface area contributed by atoms with Gasteiger partial charge in [-0.25, -0.2) is 4.79 Å². The summed E-state index contributed by atoms with van der Waals surface area (Å²) in [5, 5.41) is 0. The van der Waals surface area contributed by atoms with Crippen molar-refractivity contribution in [1.82, 2.24) is 0 Å². The fourth-order valence-corrected chi connectivity index (χ4v) is 1.09. The lowest BCUT2D eigenvalue weighted by atomic mass is 10.3. The van der Waals surface area contributed by atoms with Gasteiger partial charge in [0.05, 0.1) is 0 Å². The van der Waals surface area contributed by atoms with E-state index in [4.69, 9.17) is 4.74 Å². The Bertz CT molecular complexity index is 318. The summed E-state index contributed by atoms with van der Waals surface area (Å²) < 4.78 is 8.67. The second-order valence-electron chi connectivity index (χ2n) is 2.55. The van der Waals surface area contributed by atoms with Crippen LogP contribution in [-0.4, -0.2) is 18.6 Å². The Hall–Kier alpha value is -1.16. The quantitative estimate of drug-likeness (QED) is 0.692. The summed E-state index contributed by atoms with van der Waals surface area (Å²) in [7, 11) is -0.269. The lowest BCUT2D eigenvalue weighted by molar-refractivity contribution is 0.212. The third-order valence-corrected chi connectivity index (χ3v) is 1.72. The number of hydrogen-bond donors (Lipinski definition) is 0. The number of para-hydroxylation sites is 1. The number of ether oxygens (including phenoxy) is 1. The lowest BCUT2D eigenvalue weighted by Gasteiger charge is -1.99. The first-order chi connectivity index (χ1) is 6.18. The molecule has 1 amide bonds. The number of nitrogens with zero attached hydrogens (tertiary/aromatic N) is 1. The van der Waals surface area contributed by atoms with Crippen molar-refractivity contribution in [2.24, 2.45) is 4.36 Å². The van der Waals surface area contributed by atoms with Gasteiger partial charge in [-0.1, -0.05) is 28.9 Å². The highest BCUT2D eigenvalue weighted by molar-refractivity contribution is 7.86. The van der Waals surface area contributed by atoms with Gasteiger partial charge in [0.2, 0.25) is 0 Å². The average Bonchev–Trinajstić information content (AvgIpc) is 2.04. The molecule has 0 saturated carbocycles. The first-order valence-corrected chi connectivity index (χ1v) is 5.74. The zero-order valence-corrected chi connectivity index (χ0v) is 8.38. The molecule has 0 aromatic heterocycles. The molecule has 4 heteroatoms. The molecule has 13 heavy (non-hydrogen) atoms. The molecule has 70 valence electrons. The third-order valence-electron chi connectivity index (χ3n) is 1.21. The van der Waals surface area contributed by atoms with E-state index < -0.39 is 6.09 Å². The number of benzene rings is 1. The molecule has 0 fully saturated rings. The van der Waals surface area contributed by atoms with Gasteiger partial charge >= 0.3 is 6.09 Å². The van der Waals surface area contributed by atoms with Crippen LogP contribution in [0.25, 0.3) is 0 Å². The molecule has 0 aliphatic carbocycles. The highest BCUT2D eigenvalue weighted by Crippen LogP contribution is 2.08. The molecular weight excluding hydrogens is 186 g/mol. The monoisotopic (exact) mass is 197 g/mol. The first kappa shape index (κ1) is 9.92. The minimum atomic E-state index is -0.528. The van der Waals surface area contributed by atoms with Crippen LogP contribution < -0.4 is 4.74 Å². The second-order valence-corrected chi connectivity index (χ2v) is 4.28. The fourth-order valence-electron chi connectivity index (χ4n) is 0.757. The Balaban J connectivity index is 2.61. The van der Waals surface area contributed by atoms with Crippen molar-refractivity contribution < 1.29 is 9.53 Å². The van der Waals surface area contributed by atoms with Gasteiger partial charge in [-0.2, -0.15) is 4.36 Å².